The lowest BCUT2D eigenvalue weighted by atomic mass is 10.2. The van der Waals surface area contributed by atoms with Crippen molar-refractivity contribution < 1.29 is 4.79 Å². The van der Waals surface area contributed by atoms with Gasteiger partial charge < -0.3 is 0 Å². The second kappa shape index (κ2) is 3.24. The summed E-state index contributed by atoms with van der Waals surface area (Å²) in [6.45, 7) is 2.05. The van der Waals surface area contributed by atoms with Gasteiger partial charge in [-0.3, -0.25) is 4.79 Å². The number of fused-ring (bicyclic) bond motifs is 1. The molecule has 1 aromatic carbocycles. The summed E-state index contributed by atoms with van der Waals surface area (Å²) in [4.78, 5) is 11.4. The van der Waals surface area contributed by atoms with Crippen molar-refractivity contribution in [3.05, 3.63) is 33.1 Å². The smallest absolute Gasteiger partial charge is 0.161 e. The van der Waals surface area contributed by atoms with E-state index >= 15 is 0 Å². The van der Waals surface area contributed by atoms with Crippen molar-refractivity contribution in [2.45, 2.75) is 6.92 Å². The van der Waals surface area contributed by atoms with Crippen LogP contribution in [0.3, 0.4) is 0 Å². The molecule has 1 aromatic heterocycles. The van der Waals surface area contributed by atoms with E-state index in [-0.39, 0.29) is 0 Å². The van der Waals surface area contributed by atoms with E-state index in [1.54, 1.807) is 0 Å². The van der Waals surface area contributed by atoms with Crippen molar-refractivity contribution in [1.82, 2.24) is 0 Å². The predicted octanol–water partition coefficient (Wildman–Crippen LogP) is 3.78. The van der Waals surface area contributed by atoms with Crippen LogP contribution in [-0.4, -0.2) is 6.29 Å². The second-order valence-electron chi connectivity index (χ2n) is 2.90. The van der Waals surface area contributed by atoms with Crippen LogP contribution >= 0.6 is 27.3 Å². The maximum absolute atomic E-state index is 10.7. The highest BCUT2D eigenvalue weighted by molar-refractivity contribution is 9.10. The summed E-state index contributed by atoms with van der Waals surface area (Å²) < 4.78 is 2.08. The van der Waals surface area contributed by atoms with Crippen molar-refractivity contribution in [2.24, 2.45) is 0 Å². The van der Waals surface area contributed by atoms with Crippen molar-refractivity contribution in [1.29, 1.82) is 0 Å². The summed E-state index contributed by atoms with van der Waals surface area (Å²) in [6, 6.07) is 6.18. The molecule has 0 N–H and O–H groups in total. The summed E-state index contributed by atoms with van der Waals surface area (Å²) in [5, 5.41) is 1.12. The third-order valence-electron chi connectivity index (χ3n) is 1.92. The van der Waals surface area contributed by atoms with Gasteiger partial charge in [-0.05, 0) is 34.5 Å². The van der Waals surface area contributed by atoms with E-state index in [9.17, 15) is 4.79 Å². The van der Waals surface area contributed by atoms with Gasteiger partial charge >= 0.3 is 0 Å². The molecule has 0 aliphatic heterocycles. The van der Waals surface area contributed by atoms with Gasteiger partial charge in [0, 0.05) is 14.6 Å². The van der Waals surface area contributed by atoms with Crippen LogP contribution < -0.4 is 0 Å². The second-order valence-corrected chi connectivity index (χ2v) is 4.77. The van der Waals surface area contributed by atoms with Gasteiger partial charge in [0.05, 0.1) is 4.88 Å². The van der Waals surface area contributed by atoms with Crippen molar-refractivity contribution >= 4 is 43.6 Å². The maximum atomic E-state index is 10.7. The van der Waals surface area contributed by atoms with Crippen molar-refractivity contribution in [3.63, 3.8) is 0 Å². The lowest BCUT2D eigenvalue weighted by Crippen LogP contribution is -1.71. The fraction of sp³-hybridized carbons (Fsp3) is 0.100. The van der Waals surface area contributed by atoms with Crippen LogP contribution in [0.5, 0.6) is 0 Å². The Balaban J connectivity index is 2.83. The van der Waals surface area contributed by atoms with Crippen LogP contribution in [0.4, 0.5) is 0 Å². The van der Waals surface area contributed by atoms with Gasteiger partial charge in [0.2, 0.25) is 0 Å². The summed E-state index contributed by atoms with van der Waals surface area (Å²) in [5.74, 6) is 0. The molecule has 0 unspecified atom stereocenters. The maximum Gasteiger partial charge on any atom is 0.161 e. The van der Waals surface area contributed by atoms with Gasteiger partial charge in [-0.15, -0.1) is 11.3 Å². The molecule has 0 bridgehead atoms. The highest BCUT2D eigenvalue weighted by atomic mass is 79.9. The highest BCUT2D eigenvalue weighted by Crippen LogP contribution is 2.34. The van der Waals surface area contributed by atoms with Crippen molar-refractivity contribution in [2.75, 3.05) is 0 Å². The Kier molecular flexibility index (Phi) is 2.22. The van der Waals surface area contributed by atoms with E-state index in [2.05, 4.69) is 22.0 Å². The average Bonchev–Trinajstić information content (AvgIpc) is 2.42. The van der Waals surface area contributed by atoms with Crippen molar-refractivity contribution in [3.8, 4) is 0 Å². The quantitative estimate of drug-likeness (QED) is 0.708. The molecule has 2 aromatic rings. The molecule has 66 valence electrons. The molecule has 0 fully saturated rings. The van der Waals surface area contributed by atoms with Gasteiger partial charge in [-0.1, -0.05) is 12.1 Å². The Labute approximate surface area is 88.5 Å². The van der Waals surface area contributed by atoms with E-state index in [0.29, 0.717) is 0 Å². The number of carbonyl (C=O) groups is 1. The Morgan fingerprint density at radius 3 is 2.92 bits per heavy atom. The van der Waals surface area contributed by atoms with Gasteiger partial charge in [-0.25, -0.2) is 0 Å². The van der Waals surface area contributed by atoms with E-state index in [1.165, 1.54) is 16.9 Å². The molecule has 0 aliphatic rings. The lowest BCUT2D eigenvalue weighted by Gasteiger charge is -1.91. The molecule has 0 amide bonds. The number of halogens is 1. The third-order valence-corrected chi connectivity index (χ3v) is 4.11. The molecular formula is C10H7BrOS. The molecular weight excluding hydrogens is 248 g/mol. The molecule has 1 heterocycles. The minimum Gasteiger partial charge on any atom is -0.297 e. The molecule has 0 atom stereocenters. The fourth-order valence-electron chi connectivity index (χ4n) is 1.27. The topological polar surface area (TPSA) is 17.1 Å². The lowest BCUT2D eigenvalue weighted by molar-refractivity contribution is 0.112. The normalized spacial score (nSPS) is 10.6. The van der Waals surface area contributed by atoms with Gasteiger partial charge in [0.1, 0.15) is 0 Å². The van der Waals surface area contributed by atoms with Gasteiger partial charge in [0.25, 0.3) is 0 Å². The zero-order chi connectivity index (χ0) is 9.42. The van der Waals surface area contributed by atoms with E-state index in [0.717, 1.165) is 25.7 Å². The zero-order valence-electron chi connectivity index (χ0n) is 7.00. The number of aldehydes is 1. The number of benzene rings is 1. The van der Waals surface area contributed by atoms with Crippen LogP contribution in [0.25, 0.3) is 10.1 Å². The first kappa shape index (κ1) is 8.91. The Hall–Kier alpha value is -0.670. The number of hydrogen-bond acceptors (Lipinski definition) is 2. The van der Waals surface area contributed by atoms with E-state index < -0.39 is 0 Å². The monoisotopic (exact) mass is 254 g/mol. The molecule has 2 rings (SSSR count). The fourth-order valence-corrected chi connectivity index (χ4v) is 3.09. The van der Waals surface area contributed by atoms with E-state index in [1.807, 2.05) is 19.1 Å². The SMILES string of the molecule is Cc1ccc2c(Br)c(C=O)sc2c1. The summed E-state index contributed by atoms with van der Waals surface area (Å²) in [6.07, 6.45) is 0.893. The summed E-state index contributed by atoms with van der Waals surface area (Å²) in [5.41, 5.74) is 1.22. The predicted molar refractivity (Wildman–Crippen MR) is 59.6 cm³/mol. The molecule has 13 heavy (non-hydrogen) atoms. The Morgan fingerprint density at radius 1 is 1.46 bits per heavy atom. The third kappa shape index (κ3) is 1.42. The molecule has 0 saturated carbocycles. The standard InChI is InChI=1S/C10H7BrOS/c1-6-2-3-7-8(4-6)13-9(5-12)10(7)11/h2-5H,1H3. The largest absolute Gasteiger partial charge is 0.297 e. The van der Waals surface area contributed by atoms with Gasteiger partial charge in [0.15, 0.2) is 6.29 Å². The van der Waals surface area contributed by atoms with Crippen LogP contribution in [0, 0.1) is 6.92 Å². The zero-order valence-corrected chi connectivity index (χ0v) is 9.41. The number of carbonyl (C=O) groups excluding carboxylic acids is 1. The first-order valence-electron chi connectivity index (χ1n) is 3.86. The highest BCUT2D eigenvalue weighted by Gasteiger charge is 2.08. The molecule has 1 nitrogen and oxygen atoms in total. The molecule has 0 saturated heterocycles. The first-order valence-corrected chi connectivity index (χ1v) is 5.47. The molecule has 3 heteroatoms. The average molecular weight is 255 g/mol. The molecule has 0 radical (unpaired) electrons. The number of rotatable bonds is 1. The minimum atomic E-state index is 0.764. The van der Waals surface area contributed by atoms with Crippen LogP contribution in [-0.2, 0) is 0 Å². The Bertz CT molecular complexity index is 473. The van der Waals surface area contributed by atoms with E-state index in [4.69, 9.17) is 0 Å². The van der Waals surface area contributed by atoms with Gasteiger partial charge in [-0.2, -0.15) is 0 Å². The van der Waals surface area contributed by atoms with Crippen LogP contribution in [0.1, 0.15) is 15.2 Å². The van der Waals surface area contributed by atoms with Crippen LogP contribution in [0.15, 0.2) is 22.7 Å². The number of hydrogen-bond donors (Lipinski definition) is 0. The molecule has 0 spiro atoms. The number of aryl methyl sites for hydroxylation is 1. The Morgan fingerprint density at radius 2 is 2.23 bits per heavy atom. The summed E-state index contributed by atoms with van der Waals surface area (Å²) >= 11 is 4.94. The minimum absolute atomic E-state index is 0.764. The number of thiophene rings is 1. The molecule has 0 aliphatic carbocycles. The summed E-state index contributed by atoms with van der Waals surface area (Å²) in [7, 11) is 0. The van der Waals surface area contributed by atoms with Crippen LogP contribution in [0.2, 0.25) is 0 Å². The first-order chi connectivity index (χ1) is 6.22.